The van der Waals surface area contributed by atoms with Crippen LogP contribution in [0.1, 0.15) is 22.8 Å². The van der Waals surface area contributed by atoms with Crippen LogP contribution in [0.3, 0.4) is 0 Å². The van der Waals surface area contributed by atoms with Crippen LogP contribution in [0, 0.1) is 0 Å². The van der Waals surface area contributed by atoms with Gasteiger partial charge in [-0.25, -0.2) is 4.98 Å². The van der Waals surface area contributed by atoms with Gasteiger partial charge in [0, 0.05) is 17.3 Å². The lowest BCUT2D eigenvalue weighted by Gasteiger charge is -2.11. The zero-order valence-corrected chi connectivity index (χ0v) is 18.3. The highest BCUT2D eigenvalue weighted by Gasteiger charge is 2.14. The summed E-state index contributed by atoms with van der Waals surface area (Å²) in [6.45, 7) is 2.07. The molecule has 0 saturated heterocycles. The van der Waals surface area contributed by atoms with Gasteiger partial charge < -0.3 is 19.6 Å². The number of hydrogen-bond acceptors (Lipinski definition) is 6. The zero-order valence-electron chi connectivity index (χ0n) is 17.5. The molecule has 8 heteroatoms. The first kappa shape index (κ1) is 21.3. The lowest BCUT2D eigenvalue weighted by atomic mass is 10.1. The molecule has 0 bridgehead atoms. The highest BCUT2D eigenvalue weighted by Crippen LogP contribution is 2.33. The molecule has 4 rings (SSSR count). The molecule has 0 fully saturated rings. The Kier molecular flexibility index (Phi) is 6.04. The van der Waals surface area contributed by atoms with Crippen LogP contribution in [-0.2, 0) is 6.42 Å². The number of oxazole rings is 1. The van der Waals surface area contributed by atoms with E-state index in [1.807, 2.05) is 18.2 Å². The van der Waals surface area contributed by atoms with E-state index in [1.54, 1.807) is 36.4 Å². The molecule has 0 aliphatic heterocycles. The number of aryl methyl sites for hydroxylation is 1. The van der Waals surface area contributed by atoms with Crippen molar-refractivity contribution < 1.29 is 19.1 Å². The van der Waals surface area contributed by atoms with E-state index in [0.29, 0.717) is 34.0 Å². The number of carbonyl (C=O) groups excluding carboxylic acids is 1. The minimum atomic E-state index is -0.375. The fraction of sp³-hybridized carbons (Fsp3) is 0.125. The summed E-state index contributed by atoms with van der Waals surface area (Å²) in [6, 6.07) is 17.5. The molecule has 0 radical (unpaired) electrons. The number of fused-ring (bicyclic) bond motifs is 1. The molecule has 1 amide bonds. The number of phenolic OH excluding ortho intramolecular Hbond substituents is 1. The van der Waals surface area contributed by atoms with Crippen LogP contribution in [0.5, 0.6) is 11.5 Å². The molecule has 0 spiro atoms. The monoisotopic (exact) mass is 447 g/mol. The van der Waals surface area contributed by atoms with Gasteiger partial charge in [0.2, 0.25) is 5.89 Å². The zero-order chi connectivity index (χ0) is 22.7. The van der Waals surface area contributed by atoms with Crippen molar-refractivity contribution in [2.24, 2.45) is 0 Å². The predicted molar refractivity (Wildman–Crippen MR) is 127 cm³/mol. The van der Waals surface area contributed by atoms with Gasteiger partial charge in [-0.2, -0.15) is 0 Å². The van der Waals surface area contributed by atoms with Gasteiger partial charge in [0.25, 0.3) is 5.91 Å². The van der Waals surface area contributed by atoms with E-state index in [2.05, 4.69) is 22.5 Å². The van der Waals surface area contributed by atoms with Crippen LogP contribution in [0.15, 0.2) is 65.1 Å². The quantitative estimate of drug-likeness (QED) is 0.375. The number of rotatable bonds is 5. The van der Waals surface area contributed by atoms with E-state index >= 15 is 0 Å². The maximum absolute atomic E-state index is 12.4. The first-order valence-corrected chi connectivity index (χ1v) is 10.4. The van der Waals surface area contributed by atoms with Gasteiger partial charge >= 0.3 is 0 Å². The van der Waals surface area contributed by atoms with Crippen molar-refractivity contribution in [2.75, 3.05) is 12.4 Å². The molecule has 0 unspecified atom stereocenters. The van der Waals surface area contributed by atoms with Crippen molar-refractivity contribution in [3.63, 3.8) is 0 Å². The Morgan fingerprint density at radius 2 is 2.00 bits per heavy atom. The fourth-order valence-corrected chi connectivity index (χ4v) is 3.41. The van der Waals surface area contributed by atoms with Crippen LogP contribution in [-0.4, -0.2) is 28.2 Å². The van der Waals surface area contributed by atoms with Gasteiger partial charge in [-0.1, -0.05) is 19.1 Å². The van der Waals surface area contributed by atoms with Crippen LogP contribution in [0.25, 0.3) is 22.6 Å². The van der Waals surface area contributed by atoms with Gasteiger partial charge in [0.15, 0.2) is 10.7 Å². The first-order valence-electron chi connectivity index (χ1n) is 9.96. The number of phenols is 1. The average molecular weight is 448 g/mol. The number of benzene rings is 3. The Balaban J connectivity index is 1.47. The molecular weight excluding hydrogens is 426 g/mol. The largest absolute Gasteiger partial charge is 0.507 e. The molecule has 1 aromatic heterocycles. The molecule has 0 aliphatic carbocycles. The van der Waals surface area contributed by atoms with Crippen LogP contribution in [0.4, 0.5) is 5.69 Å². The lowest BCUT2D eigenvalue weighted by Crippen LogP contribution is -2.34. The third-order valence-electron chi connectivity index (χ3n) is 4.91. The van der Waals surface area contributed by atoms with Crippen molar-refractivity contribution in [1.29, 1.82) is 0 Å². The number of thiocarbonyl (C=S) groups is 1. The average Bonchev–Trinajstić information content (AvgIpc) is 3.21. The summed E-state index contributed by atoms with van der Waals surface area (Å²) in [5.41, 5.74) is 3.92. The second-order valence-electron chi connectivity index (χ2n) is 7.05. The minimum absolute atomic E-state index is 0.0285. The molecule has 0 aliphatic rings. The Labute approximate surface area is 190 Å². The highest BCUT2D eigenvalue weighted by molar-refractivity contribution is 7.80. The van der Waals surface area contributed by atoms with Gasteiger partial charge in [-0.05, 0) is 66.7 Å². The lowest BCUT2D eigenvalue weighted by molar-refractivity contribution is 0.0977. The molecule has 0 saturated carbocycles. The van der Waals surface area contributed by atoms with E-state index in [0.717, 1.165) is 17.5 Å². The molecule has 3 aromatic carbocycles. The number of aromatic nitrogens is 1. The molecule has 32 heavy (non-hydrogen) atoms. The number of nitrogens with zero attached hydrogens (tertiary/aromatic N) is 1. The molecule has 162 valence electrons. The molecule has 1 heterocycles. The molecular formula is C24H21N3O4S. The fourth-order valence-electron chi connectivity index (χ4n) is 3.20. The first-order chi connectivity index (χ1) is 15.5. The number of anilines is 1. The van der Waals surface area contributed by atoms with E-state index in [4.69, 9.17) is 21.4 Å². The maximum atomic E-state index is 12.4. The summed E-state index contributed by atoms with van der Waals surface area (Å²) in [5, 5.41) is 16.1. The number of ether oxygens (including phenoxy) is 1. The van der Waals surface area contributed by atoms with E-state index < -0.39 is 0 Å². The number of aromatic hydroxyl groups is 1. The Hall–Kier alpha value is -3.91. The molecule has 7 nitrogen and oxygen atoms in total. The minimum Gasteiger partial charge on any atom is -0.507 e. The maximum Gasteiger partial charge on any atom is 0.257 e. The SMILES string of the molecule is CCc1ccc2oc(-c3ccc(NC(=S)NC(=O)c4cccc(OC)c4)cc3O)nc2c1. The summed E-state index contributed by atoms with van der Waals surface area (Å²) >= 11 is 5.22. The van der Waals surface area contributed by atoms with Crippen molar-refractivity contribution in [1.82, 2.24) is 10.3 Å². The number of nitrogens with one attached hydrogen (secondary N) is 2. The number of hydrogen-bond donors (Lipinski definition) is 3. The van der Waals surface area contributed by atoms with Gasteiger partial charge in [-0.3, -0.25) is 10.1 Å². The number of carbonyl (C=O) groups is 1. The summed E-state index contributed by atoms with van der Waals surface area (Å²) < 4.78 is 10.9. The van der Waals surface area contributed by atoms with Crippen LogP contribution < -0.4 is 15.4 Å². The van der Waals surface area contributed by atoms with Gasteiger partial charge in [-0.15, -0.1) is 0 Å². The smallest absolute Gasteiger partial charge is 0.257 e. The van der Waals surface area contributed by atoms with Crippen molar-refractivity contribution in [3.8, 4) is 23.0 Å². The highest BCUT2D eigenvalue weighted by atomic mass is 32.1. The van der Waals surface area contributed by atoms with E-state index in [1.165, 1.54) is 13.2 Å². The Morgan fingerprint density at radius 3 is 2.75 bits per heavy atom. The van der Waals surface area contributed by atoms with E-state index in [9.17, 15) is 9.90 Å². The normalized spacial score (nSPS) is 10.7. The molecule has 3 N–H and O–H groups in total. The Bertz CT molecular complexity index is 1320. The number of amides is 1. The summed E-state index contributed by atoms with van der Waals surface area (Å²) in [5.74, 6) is 0.493. The van der Waals surface area contributed by atoms with Crippen molar-refractivity contribution in [2.45, 2.75) is 13.3 Å². The third kappa shape index (κ3) is 4.55. The second-order valence-corrected chi connectivity index (χ2v) is 7.46. The topological polar surface area (TPSA) is 96.6 Å². The van der Waals surface area contributed by atoms with Crippen LogP contribution in [0.2, 0.25) is 0 Å². The summed E-state index contributed by atoms with van der Waals surface area (Å²) in [6.07, 6.45) is 0.901. The van der Waals surface area contributed by atoms with Gasteiger partial charge in [0.05, 0.1) is 12.7 Å². The Morgan fingerprint density at radius 1 is 1.16 bits per heavy atom. The summed E-state index contributed by atoms with van der Waals surface area (Å²) in [4.78, 5) is 16.9. The van der Waals surface area contributed by atoms with E-state index in [-0.39, 0.29) is 16.8 Å². The van der Waals surface area contributed by atoms with Crippen molar-refractivity contribution in [3.05, 3.63) is 71.8 Å². The summed E-state index contributed by atoms with van der Waals surface area (Å²) in [7, 11) is 1.53. The standard InChI is InChI=1S/C24H21N3O4S/c1-3-14-7-10-21-19(11-14)26-23(31-21)18-9-8-16(13-20(18)28)25-24(32)27-22(29)15-5-4-6-17(12-15)30-2/h4-13,28H,3H2,1-2H3,(H2,25,27,29,32). The predicted octanol–water partition coefficient (Wildman–Crippen LogP) is 4.90. The third-order valence-corrected chi connectivity index (χ3v) is 5.11. The molecule has 0 atom stereocenters. The second kappa shape index (κ2) is 9.07. The van der Waals surface area contributed by atoms with Gasteiger partial charge in [0.1, 0.15) is 17.0 Å². The van der Waals surface area contributed by atoms with Crippen LogP contribution >= 0.6 is 12.2 Å². The molecule has 4 aromatic rings. The van der Waals surface area contributed by atoms with Crippen molar-refractivity contribution >= 4 is 40.0 Å². The number of methoxy groups -OCH3 is 1.